The first-order valence-corrected chi connectivity index (χ1v) is 6.23. The standard InChI is InChI=1S/C11H8BrClF2N4/c12-6-3-5(13)1-2-9(6)17-10-7(14)4-8(15)11(18-10)19-16/h1-4H,16H2,(H2,17,18,19). The Balaban J connectivity index is 2.37. The third-order valence-electron chi connectivity index (χ3n) is 2.25. The number of anilines is 3. The Bertz CT molecular complexity index is 624. The lowest BCUT2D eigenvalue weighted by Gasteiger charge is -2.10. The van der Waals surface area contributed by atoms with Crippen LogP contribution in [0.2, 0.25) is 5.02 Å². The van der Waals surface area contributed by atoms with Crippen molar-refractivity contribution in [2.24, 2.45) is 5.84 Å². The van der Waals surface area contributed by atoms with E-state index in [-0.39, 0.29) is 11.6 Å². The van der Waals surface area contributed by atoms with Gasteiger partial charge < -0.3 is 10.7 Å². The van der Waals surface area contributed by atoms with Gasteiger partial charge in [-0.15, -0.1) is 0 Å². The van der Waals surface area contributed by atoms with Crippen molar-refractivity contribution in [1.82, 2.24) is 4.98 Å². The van der Waals surface area contributed by atoms with E-state index in [4.69, 9.17) is 17.4 Å². The highest BCUT2D eigenvalue weighted by molar-refractivity contribution is 9.10. The van der Waals surface area contributed by atoms with Gasteiger partial charge in [-0.2, -0.15) is 0 Å². The third-order valence-corrected chi connectivity index (χ3v) is 3.14. The number of nitrogens with zero attached hydrogens (tertiary/aromatic N) is 1. The van der Waals surface area contributed by atoms with Crippen LogP contribution < -0.4 is 16.6 Å². The molecule has 1 aromatic carbocycles. The summed E-state index contributed by atoms with van der Waals surface area (Å²) in [5.41, 5.74) is 2.58. The van der Waals surface area contributed by atoms with Gasteiger partial charge in [0.15, 0.2) is 23.3 Å². The van der Waals surface area contributed by atoms with Gasteiger partial charge in [0.25, 0.3) is 0 Å². The quantitative estimate of drug-likeness (QED) is 0.582. The van der Waals surface area contributed by atoms with Crippen molar-refractivity contribution in [2.45, 2.75) is 0 Å². The SMILES string of the molecule is NNc1nc(Nc2ccc(Cl)cc2Br)c(F)cc1F. The summed E-state index contributed by atoms with van der Waals surface area (Å²) in [5.74, 6) is 2.96. The summed E-state index contributed by atoms with van der Waals surface area (Å²) in [6.45, 7) is 0. The Hall–Kier alpha value is -1.44. The lowest BCUT2D eigenvalue weighted by Crippen LogP contribution is -2.12. The van der Waals surface area contributed by atoms with Crippen molar-refractivity contribution in [3.8, 4) is 0 Å². The molecule has 100 valence electrons. The summed E-state index contributed by atoms with van der Waals surface area (Å²) in [7, 11) is 0. The molecule has 2 aromatic rings. The fourth-order valence-corrected chi connectivity index (χ4v) is 2.16. The zero-order valence-electron chi connectivity index (χ0n) is 9.35. The molecule has 4 N–H and O–H groups in total. The van der Waals surface area contributed by atoms with E-state index in [1.807, 2.05) is 5.43 Å². The van der Waals surface area contributed by atoms with Crippen LogP contribution in [-0.4, -0.2) is 4.98 Å². The molecule has 19 heavy (non-hydrogen) atoms. The second kappa shape index (κ2) is 5.68. The van der Waals surface area contributed by atoms with Gasteiger partial charge in [0.1, 0.15) is 0 Å². The lowest BCUT2D eigenvalue weighted by molar-refractivity contribution is 0.579. The number of halogens is 4. The number of aromatic nitrogens is 1. The van der Waals surface area contributed by atoms with Crippen molar-refractivity contribution < 1.29 is 8.78 Å². The van der Waals surface area contributed by atoms with Gasteiger partial charge in [0, 0.05) is 15.6 Å². The number of nitrogens with one attached hydrogen (secondary N) is 2. The Morgan fingerprint density at radius 3 is 2.47 bits per heavy atom. The van der Waals surface area contributed by atoms with Crippen molar-refractivity contribution in [2.75, 3.05) is 10.7 Å². The summed E-state index contributed by atoms with van der Waals surface area (Å²) in [6, 6.07) is 5.58. The molecular formula is C11H8BrClF2N4. The van der Waals surface area contributed by atoms with Crippen LogP contribution in [0.15, 0.2) is 28.7 Å². The molecule has 0 aliphatic carbocycles. The van der Waals surface area contributed by atoms with Gasteiger partial charge in [0.2, 0.25) is 0 Å². The maximum absolute atomic E-state index is 13.6. The molecule has 0 aliphatic rings. The zero-order chi connectivity index (χ0) is 14.0. The van der Waals surface area contributed by atoms with Gasteiger partial charge >= 0.3 is 0 Å². The van der Waals surface area contributed by atoms with Crippen LogP contribution in [0.1, 0.15) is 0 Å². The number of benzene rings is 1. The summed E-state index contributed by atoms with van der Waals surface area (Å²) in [6.07, 6.45) is 0. The molecule has 1 aromatic heterocycles. The minimum atomic E-state index is -0.874. The number of nitrogens with two attached hydrogens (primary N) is 1. The number of pyridine rings is 1. The normalized spacial score (nSPS) is 10.4. The van der Waals surface area contributed by atoms with Gasteiger partial charge in [-0.1, -0.05) is 11.6 Å². The molecule has 0 bridgehead atoms. The fourth-order valence-electron chi connectivity index (χ4n) is 1.37. The molecule has 0 aliphatic heterocycles. The molecule has 4 nitrogen and oxygen atoms in total. The molecule has 2 rings (SSSR count). The highest BCUT2D eigenvalue weighted by atomic mass is 79.9. The highest BCUT2D eigenvalue weighted by Gasteiger charge is 2.12. The maximum Gasteiger partial charge on any atom is 0.178 e. The van der Waals surface area contributed by atoms with Crippen LogP contribution in [0.5, 0.6) is 0 Å². The van der Waals surface area contributed by atoms with E-state index in [9.17, 15) is 8.78 Å². The van der Waals surface area contributed by atoms with Gasteiger partial charge in [-0.05, 0) is 34.1 Å². The average molecular weight is 350 g/mol. The highest BCUT2D eigenvalue weighted by Crippen LogP contribution is 2.29. The Morgan fingerprint density at radius 1 is 1.16 bits per heavy atom. The minimum Gasteiger partial charge on any atom is -0.337 e. The molecule has 1 heterocycles. The van der Waals surface area contributed by atoms with E-state index in [0.717, 1.165) is 0 Å². The first kappa shape index (κ1) is 14.0. The van der Waals surface area contributed by atoms with Crippen LogP contribution in [-0.2, 0) is 0 Å². The molecular weight excluding hydrogens is 342 g/mol. The van der Waals surface area contributed by atoms with E-state index in [0.29, 0.717) is 21.2 Å². The van der Waals surface area contributed by atoms with Crippen LogP contribution >= 0.6 is 27.5 Å². The fraction of sp³-hybridized carbons (Fsp3) is 0. The van der Waals surface area contributed by atoms with E-state index >= 15 is 0 Å². The van der Waals surface area contributed by atoms with E-state index in [1.54, 1.807) is 18.2 Å². The second-order valence-corrected chi connectivity index (χ2v) is 4.83. The van der Waals surface area contributed by atoms with Gasteiger partial charge in [-0.25, -0.2) is 19.6 Å². The van der Waals surface area contributed by atoms with E-state index in [2.05, 4.69) is 26.2 Å². The number of hydrazine groups is 1. The van der Waals surface area contributed by atoms with Crippen molar-refractivity contribution in [3.63, 3.8) is 0 Å². The van der Waals surface area contributed by atoms with Crippen LogP contribution in [0.4, 0.5) is 26.1 Å². The monoisotopic (exact) mass is 348 g/mol. The number of rotatable bonds is 3. The van der Waals surface area contributed by atoms with Crippen molar-refractivity contribution in [3.05, 3.63) is 45.4 Å². The van der Waals surface area contributed by atoms with Crippen LogP contribution in [0, 0.1) is 11.6 Å². The number of hydrogen-bond acceptors (Lipinski definition) is 4. The first-order chi connectivity index (χ1) is 9.01. The maximum atomic E-state index is 13.6. The van der Waals surface area contributed by atoms with Crippen LogP contribution in [0.25, 0.3) is 0 Å². The van der Waals surface area contributed by atoms with Gasteiger partial charge in [0.05, 0.1) is 5.69 Å². The summed E-state index contributed by atoms with van der Waals surface area (Å²) < 4.78 is 27.4. The van der Waals surface area contributed by atoms with Gasteiger partial charge in [-0.3, -0.25) is 0 Å². The minimum absolute atomic E-state index is 0.155. The summed E-state index contributed by atoms with van der Waals surface area (Å²) >= 11 is 9.06. The number of hydrogen-bond donors (Lipinski definition) is 3. The smallest absolute Gasteiger partial charge is 0.178 e. The third kappa shape index (κ3) is 3.12. The Morgan fingerprint density at radius 2 is 1.84 bits per heavy atom. The van der Waals surface area contributed by atoms with Crippen LogP contribution in [0.3, 0.4) is 0 Å². The second-order valence-electron chi connectivity index (χ2n) is 3.54. The molecule has 0 saturated heterocycles. The summed E-state index contributed by atoms with van der Waals surface area (Å²) in [4.78, 5) is 3.70. The molecule has 0 fully saturated rings. The van der Waals surface area contributed by atoms with Crippen molar-refractivity contribution >= 4 is 44.9 Å². The molecule has 0 amide bonds. The van der Waals surface area contributed by atoms with E-state index in [1.165, 1.54) is 0 Å². The topological polar surface area (TPSA) is 63.0 Å². The molecule has 0 spiro atoms. The molecule has 0 unspecified atom stereocenters. The largest absolute Gasteiger partial charge is 0.337 e. The molecule has 0 saturated carbocycles. The first-order valence-electron chi connectivity index (χ1n) is 5.06. The predicted molar refractivity (Wildman–Crippen MR) is 74.4 cm³/mol. The molecule has 0 atom stereocenters. The predicted octanol–water partition coefficient (Wildman–Crippen LogP) is 3.80. The zero-order valence-corrected chi connectivity index (χ0v) is 11.7. The average Bonchev–Trinajstić information content (AvgIpc) is 2.35. The summed E-state index contributed by atoms with van der Waals surface area (Å²) in [5, 5.41) is 3.24. The van der Waals surface area contributed by atoms with Crippen molar-refractivity contribution in [1.29, 1.82) is 0 Å². The Labute approximate surface area is 121 Å². The Kier molecular flexibility index (Phi) is 4.18. The lowest BCUT2D eigenvalue weighted by atomic mass is 10.3. The molecule has 0 radical (unpaired) electrons. The van der Waals surface area contributed by atoms with E-state index < -0.39 is 11.6 Å². The number of nitrogen functional groups attached to an aromatic ring is 1. The molecule has 8 heteroatoms.